The lowest BCUT2D eigenvalue weighted by Gasteiger charge is -2.18. The number of likely N-dealkylation sites (N-methyl/N-ethyl adjacent to an activating group) is 1. The maximum Gasteiger partial charge on any atom is 0.419 e. The van der Waals surface area contributed by atoms with Crippen molar-refractivity contribution in [3.05, 3.63) is 71.3 Å². The van der Waals surface area contributed by atoms with Gasteiger partial charge in [0.1, 0.15) is 29.0 Å². The van der Waals surface area contributed by atoms with Crippen LogP contribution in [0.3, 0.4) is 0 Å². The van der Waals surface area contributed by atoms with E-state index in [-0.39, 0.29) is 30.3 Å². The predicted molar refractivity (Wildman–Crippen MR) is 147 cm³/mol. The molecule has 8 nitrogen and oxygen atoms in total. The molecule has 41 heavy (non-hydrogen) atoms. The molecule has 3 aromatic rings. The largest absolute Gasteiger partial charge is 0.457 e. The van der Waals surface area contributed by atoms with Crippen LogP contribution >= 0.6 is 0 Å². The van der Waals surface area contributed by atoms with Crippen molar-refractivity contribution in [3.63, 3.8) is 0 Å². The van der Waals surface area contributed by atoms with Crippen LogP contribution in [0.4, 0.5) is 33.6 Å². The van der Waals surface area contributed by atoms with E-state index in [2.05, 4.69) is 15.6 Å². The number of ether oxygens (including phenoxy) is 1. The number of nitrogens with zero attached hydrogens (tertiary/aromatic N) is 3. The SMILES string of the molecule is CC/C=C(\C=C(/N)NC(=O)CN(CC)CCC)Oc1ccc2c(c1)nc(Nc1cc(C(F)(F)F)c(F)cc1F)n2C. The van der Waals surface area contributed by atoms with Crippen LogP contribution in [0.1, 0.15) is 39.2 Å². The minimum Gasteiger partial charge on any atom is -0.457 e. The van der Waals surface area contributed by atoms with E-state index in [1.54, 1.807) is 31.3 Å². The summed E-state index contributed by atoms with van der Waals surface area (Å²) in [7, 11) is 1.58. The van der Waals surface area contributed by atoms with Crippen molar-refractivity contribution in [1.82, 2.24) is 19.8 Å². The van der Waals surface area contributed by atoms with Gasteiger partial charge in [0, 0.05) is 25.3 Å². The molecule has 3 rings (SSSR count). The quantitative estimate of drug-likeness (QED) is 0.140. The molecule has 0 aliphatic heterocycles. The number of hydrogen-bond donors (Lipinski definition) is 3. The fraction of sp³-hybridized carbons (Fsp3) is 0.357. The maximum atomic E-state index is 14.3. The van der Waals surface area contributed by atoms with E-state index in [1.165, 1.54) is 10.6 Å². The number of aromatic nitrogens is 2. The molecule has 0 aliphatic carbocycles. The number of benzene rings is 2. The summed E-state index contributed by atoms with van der Waals surface area (Å²) < 4.78 is 74.8. The first-order valence-electron chi connectivity index (χ1n) is 13.0. The third-order valence-corrected chi connectivity index (χ3v) is 6.04. The van der Waals surface area contributed by atoms with Gasteiger partial charge in [0.05, 0.1) is 28.8 Å². The zero-order valence-corrected chi connectivity index (χ0v) is 23.2. The smallest absolute Gasteiger partial charge is 0.419 e. The van der Waals surface area contributed by atoms with E-state index < -0.39 is 29.1 Å². The number of fused-ring (bicyclic) bond motifs is 1. The van der Waals surface area contributed by atoms with E-state index in [0.29, 0.717) is 35.0 Å². The Bertz CT molecular complexity index is 1450. The normalized spacial score (nSPS) is 12.7. The molecule has 4 N–H and O–H groups in total. The van der Waals surface area contributed by atoms with Crippen molar-refractivity contribution in [2.24, 2.45) is 12.8 Å². The zero-order valence-electron chi connectivity index (χ0n) is 23.2. The lowest BCUT2D eigenvalue weighted by atomic mass is 10.1. The minimum absolute atomic E-state index is 0.0242. The molecule has 0 spiro atoms. The highest BCUT2D eigenvalue weighted by Gasteiger charge is 2.35. The summed E-state index contributed by atoms with van der Waals surface area (Å²) in [4.78, 5) is 18.7. The molecule has 0 radical (unpaired) electrons. The Morgan fingerprint density at radius 1 is 1.15 bits per heavy atom. The van der Waals surface area contributed by atoms with Crippen molar-refractivity contribution in [3.8, 4) is 5.75 Å². The molecule has 1 heterocycles. The number of nitrogens with one attached hydrogen (secondary N) is 2. The highest BCUT2D eigenvalue weighted by Crippen LogP contribution is 2.35. The molecule has 0 saturated heterocycles. The third kappa shape index (κ3) is 8.19. The van der Waals surface area contributed by atoms with Gasteiger partial charge in [-0.3, -0.25) is 9.69 Å². The van der Waals surface area contributed by atoms with Crippen molar-refractivity contribution in [2.75, 3.05) is 25.0 Å². The van der Waals surface area contributed by atoms with Crippen LogP contribution in [0.15, 0.2) is 54.1 Å². The third-order valence-electron chi connectivity index (χ3n) is 6.04. The van der Waals surface area contributed by atoms with E-state index >= 15 is 0 Å². The molecular formula is C28H33F5N6O2. The number of amides is 1. The van der Waals surface area contributed by atoms with Gasteiger partial charge in [-0.15, -0.1) is 0 Å². The first-order chi connectivity index (χ1) is 19.4. The molecule has 1 amide bonds. The van der Waals surface area contributed by atoms with Crippen molar-refractivity contribution in [2.45, 2.75) is 39.8 Å². The summed E-state index contributed by atoms with van der Waals surface area (Å²) in [6.45, 7) is 7.63. The topological polar surface area (TPSA) is 97.4 Å². The lowest BCUT2D eigenvalue weighted by molar-refractivity contribution is -0.140. The van der Waals surface area contributed by atoms with Gasteiger partial charge in [0.25, 0.3) is 0 Å². The molecule has 1 aromatic heterocycles. The summed E-state index contributed by atoms with van der Waals surface area (Å²) in [5.74, 6) is -2.30. The minimum atomic E-state index is -5.00. The number of alkyl halides is 3. The average molecular weight is 581 g/mol. The first-order valence-corrected chi connectivity index (χ1v) is 13.0. The molecule has 0 fully saturated rings. The van der Waals surface area contributed by atoms with E-state index in [1.807, 2.05) is 25.7 Å². The average Bonchev–Trinajstić information content (AvgIpc) is 3.18. The second-order valence-electron chi connectivity index (χ2n) is 9.21. The number of anilines is 2. The van der Waals surface area contributed by atoms with Crippen LogP contribution in [-0.4, -0.2) is 40.0 Å². The Labute approximate surface area is 234 Å². The number of carbonyl (C=O) groups excluding carboxylic acids is 1. The summed E-state index contributed by atoms with van der Waals surface area (Å²) in [6.07, 6.45) is -0.218. The van der Waals surface area contributed by atoms with Gasteiger partial charge in [-0.25, -0.2) is 13.8 Å². The van der Waals surface area contributed by atoms with E-state index in [0.717, 1.165) is 19.5 Å². The van der Waals surface area contributed by atoms with Gasteiger partial charge in [0.2, 0.25) is 11.9 Å². The Kier molecular flexibility index (Phi) is 10.3. The number of allylic oxidation sites excluding steroid dienone is 2. The van der Waals surface area contributed by atoms with Gasteiger partial charge < -0.3 is 25.7 Å². The van der Waals surface area contributed by atoms with Crippen LogP contribution in [0, 0.1) is 11.6 Å². The predicted octanol–water partition coefficient (Wildman–Crippen LogP) is 5.93. The van der Waals surface area contributed by atoms with Crippen molar-refractivity contribution in [1.29, 1.82) is 0 Å². The van der Waals surface area contributed by atoms with Crippen LogP contribution in [0.2, 0.25) is 0 Å². The van der Waals surface area contributed by atoms with Gasteiger partial charge in [-0.1, -0.05) is 20.8 Å². The summed E-state index contributed by atoms with van der Waals surface area (Å²) in [5, 5.41) is 5.16. The second kappa shape index (κ2) is 13.5. The molecule has 222 valence electrons. The van der Waals surface area contributed by atoms with E-state index in [9.17, 15) is 26.7 Å². The standard InChI is InChI=1S/C28H33F5N6O2/c1-5-8-17(13-25(34)37-26(40)16-39(7-3)11-6-2)41-18-9-10-24-23(12-18)36-27(38(24)4)35-22-14-19(28(31,32)33)20(29)15-21(22)30/h8-10,12-15H,5-7,11,16,34H2,1-4H3,(H,35,36)(H,37,40)/b17-8+,25-13+. The first kappa shape index (κ1) is 31.4. The highest BCUT2D eigenvalue weighted by molar-refractivity contribution is 5.81. The highest BCUT2D eigenvalue weighted by atomic mass is 19.4. The van der Waals surface area contributed by atoms with Crippen LogP contribution in [0.5, 0.6) is 5.75 Å². The van der Waals surface area contributed by atoms with Crippen LogP contribution in [0.25, 0.3) is 11.0 Å². The molecule has 0 unspecified atom stereocenters. The number of carbonyl (C=O) groups is 1. The van der Waals surface area contributed by atoms with E-state index in [4.69, 9.17) is 10.5 Å². The van der Waals surface area contributed by atoms with Crippen molar-refractivity contribution >= 4 is 28.6 Å². The maximum absolute atomic E-state index is 14.3. The second-order valence-corrected chi connectivity index (χ2v) is 9.21. The van der Waals surface area contributed by atoms with Crippen LogP contribution < -0.4 is 21.1 Å². The molecule has 0 saturated carbocycles. The summed E-state index contributed by atoms with van der Waals surface area (Å²) in [5.41, 5.74) is 4.81. The van der Waals surface area contributed by atoms with Gasteiger partial charge >= 0.3 is 6.18 Å². The number of nitrogens with two attached hydrogens (primary N) is 1. The molecule has 2 aromatic carbocycles. The number of aryl methyl sites for hydroxylation is 1. The van der Waals surface area contributed by atoms with Crippen LogP contribution in [-0.2, 0) is 18.0 Å². The zero-order chi connectivity index (χ0) is 30.3. The number of imidazole rings is 1. The van der Waals surface area contributed by atoms with Gasteiger partial charge in [-0.2, -0.15) is 13.2 Å². The Hall–Kier alpha value is -4.13. The Morgan fingerprint density at radius 2 is 1.88 bits per heavy atom. The monoisotopic (exact) mass is 580 g/mol. The van der Waals surface area contributed by atoms with Crippen molar-refractivity contribution < 1.29 is 31.5 Å². The molecular weight excluding hydrogens is 547 g/mol. The molecule has 0 bridgehead atoms. The fourth-order valence-corrected chi connectivity index (χ4v) is 4.06. The number of hydrogen-bond acceptors (Lipinski definition) is 6. The molecule has 0 aliphatic rings. The Balaban J connectivity index is 1.80. The van der Waals surface area contributed by atoms with Gasteiger partial charge in [0.15, 0.2) is 0 Å². The summed E-state index contributed by atoms with van der Waals surface area (Å²) in [6, 6.07) is 5.42. The number of rotatable bonds is 12. The number of halogens is 5. The summed E-state index contributed by atoms with van der Waals surface area (Å²) >= 11 is 0. The fourth-order valence-electron chi connectivity index (χ4n) is 4.06. The molecule has 0 atom stereocenters. The Morgan fingerprint density at radius 3 is 2.51 bits per heavy atom. The molecule has 13 heteroatoms. The van der Waals surface area contributed by atoms with Gasteiger partial charge in [-0.05, 0) is 50.2 Å². The lowest BCUT2D eigenvalue weighted by Crippen LogP contribution is -2.38.